The highest BCUT2D eigenvalue weighted by molar-refractivity contribution is 8.18. The van der Waals surface area contributed by atoms with Crippen LogP contribution >= 0.6 is 23.4 Å². The fourth-order valence-corrected chi connectivity index (χ4v) is 3.78. The minimum atomic E-state index is -0.518. The first-order chi connectivity index (χ1) is 14.3. The molecule has 0 atom stereocenters. The van der Waals surface area contributed by atoms with Crippen LogP contribution in [0, 0.1) is 12.7 Å². The predicted octanol–water partition coefficient (Wildman–Crippen LogP) is 4.02. The first-order valence-electron chi connectivity index (χ1n) is 9.00. The smallest absolute Gasteiger partial charge is 0.293 e. The van der Waals surface area contributed by atoms with Crippen molar-refractivity contribution in [3.8, 4) is 5.75 Å². The first kappa shape index (κ1) is 21.9. The Kier molecular flexibility index (Phi) is 7.12. The lowest BCUT2D eigenvalue weighted by Gasteiger charge is -2.13. The number of carbonyl (C=O) groups excluding carboxylic acids is 3. The molecule has 1 aliphatic rings. The van der Waals surface area contributed by atoms with Crippen molar-refractivity contribution in [2.75, 3.05) is 19.7 Å². The quantitative estimate of drug-likeness (QED) is 0.647. The molecule has 0 aromatic heterocycles. The Morgan fingerprint density at radius 1 is 1.27 bits per heavy atom. The van der Waals surface area contributed by atoms with Crippen molar-refractivity contribution in [1.82, 2.24) is 10.2 Å². The van der Waals surface area contributed by atoms with Crippen molar-refractivity contribution in [3.05, 3.63) is 69.3 Å². The summed E-state index contributed by atoms with van der Waals surface area (Å²) in [6, 6.07) is 11.0. The van der Waals surface area contributed by atoms with Gasteiger partial charge in [0.2, 0.25) is 0 Å². The van der Waals surface area contributed by atoms with Crippen LogP contribution in [0.4, 0.5) is 9.18 Å². The van der Waals surface area contributed by atoms with Gasteiger partial charge in [0.05, 0.1) is 4.91 Å². The Balaban J connectivity index is 1.49. The molecule has 0 aliphatic carbocycles. The molecule has 30 heavy (non-hydrogen) atoms. The van der Waals surface area contributed by atoms with Crippen LogP contribution in [0.3, 0.4) is 0 Å². The predicted molar refractivity (Wildman–Crippen MR) is 114 cm³/mol. The van der Waals surface area contributed by atoms with Gasteiger partial charge in [-0.3, -0.25) is 19.3 Å². The Morgan fingerprint density at radius 3 is 2.77 bits per heavy atom. The van der Waals surface area contributed by atoms with Crippen LogP contribution in [0.25, 0.3) is 6.08 Å². The van der Waals surface area contributed by atoms with Gasteiger partial charge in [-0.25, -0.2) is 4.39 Å². The van der Waals surface area contributed by atoms with E-state index in [1.165, 1.54) is 18.2 Å². The van der Waals surface area contributed by atoms with Crippen molar-refractivity contribution in [2.24, 2.45) is 0 Å². The van der Waals surface area contributed by atoms with Crippen molar-refractivity contribution in [2.45, 2.75) is 6.92 Å². The lowest BCUT2D eigenvalue weighted by molar-refractivity contribution is -0.125. The summed E-state index contributed by atoms with van der Waals surface area (Å²) < 4.78 is 19.2. The highest BCUT2D eigenvalue weighted by atomic mass is 35.5. The number of halogens is 2. The second-order valence-corrected chi connectivity index (χ2v) is 7.83. The zero-order valence-electron chi connectivity index (χ0n) is 16.0. The van der Waals surface area contributed by atoms with Gasteiger partial charge in [0.1, 0.15) is 11.6 Å². The number of nitrogens with one attached hydrogen (secondary N) is 1. The van der Waals surface area contributed by atoms with E-state index in [9.17, 15) is 18.8 Å². The maximum absolute atomic E-state index is 13.8. The highest BCUT2D eigenvalue weighted by Crippen LogP contribution is 2.32. The Morgan fingerprint density at radius 2 is 2.03 bits per heavy atom. The number of imide groups is 1. The fraction of sp³-hybridized carbons (Fsp3) is 0.190. The monoisotopic (exact) mass is 448 g/mol. The number of aryl methyl sites for hydroxylation is 1. The number of carbonyl (C=O) groups is 3. The van der Waals surface area contributed by atoms with Gasteiger partial charge in [0.15, 0.2) is 6.61 Å². The molecule has 3 amide bonds. The topological polar surface area (TPSA) is 75.7 Å². The number of rotatable bonds is 7. The summed E-state index contributed by atoms with van der Waals surface area (Å²) in [5.41, 5.74) is 1.03. The maximum atomic E-state index is 13.8. The van der Waals surface area contributed by atoms with Crippen molar-refractivity contribution < 1.29 is 23.5 Å². The van der Waals surface area contributed by atoms with Crippen LogP contribution in [-0.2, 0) is 9.59 Å². The number of amides is 3. The summed E-state index contributed by atoms with van der Waals surface area (Å²) in [7, 11) is 0. The number of thioether (sulfide) groups is 1. The van der Waals surface area contributed by atoms with E-state index in [1.807, 2.05) is 6.92 Å². The van der Waals surface area contributed by atoms with E-state index < -0.39 is 22.9 Å². The van der Waals surface area contributed by atoms with Crippen molar-refractivity contribution in [1.29, 1.82) is 0 Å². The zero-order valence-corrected chi connectivity index (χ0v) is 17.6. The highest BCUT2D eigenvalue weighted by Gasteiger charge is 2.34. The molecule has 1 saturated heterocycles. The number of ether oxygens (including phenoxy) is 1. The van der Waals surface area contributed by atoms with E-state index >= 15 is 0 Å². The number of benzene rings is 2. The molecule has 2 aromatic rings. The molecule has 1 heterocycles. The van der Waals surface area contributed by atoms with E-state index in [2.05, 4.69) is 5.32 Å². The van der Waals surface area contributed by atoms with E-state index in [0.717, 1.165) is 22.2 Å². The summed E-state index contributed by atoms with van der Waals surface area (Å²) >= 11 is 6.62. The molecule has 1 fully saturated rings. The first-order valence-corrected chi connectivity index (χ1v) is 10.2. The maximum Gasteiger partial charge on any atom is 0.293 e. The Bertz CT molecular complexity index is 1030. The SMILES string of the molecule is Cc1cc(Cl)ccc1OCC(=O)NCCN1C(=O)S/C(=C\c2ccccc2F)C1=O. The summed E-state index contributed by atoms with van der Waals surface area (Å²) in [5, 5.41) is 2.71. The van der Waals surface area contributed by atoms with Gasteiger partial charge in [0, 0.05) is 23.7 Å². The molecule has 156 valence electrons. The van der Waals surface area contributed by atoms with Crippen LogP contribution in [0.15, 0.2) is 47.4 Å². The van der Waals surface area contributed by atoms with Gasteiger partial charge < -0.3 is 10.1 Å². The van der Waals surface area contributed by atoms with Gasteiger partial charge in [-0.15, -0.1) is 0 Å². The third-order valence-electron chi connectivity index (χ3n) is 4.22. The molecule has 2 aromatic carbocycles. The number of nitrogens with zero attached hydrogens (tertiary/aromatic N) is 1. The van der Waals surface area contributed by atoms with Gasteiger partial charge in [-0.2, -0.15) is 0 Å². The lowest BCUT2D eigenvalue weighted by atomic mass is 10.2. The van der Waals surface area contributed by atoms with Crippen LogP contribution in [0.5, 0.6) is 5.75 Å². The summed E-state index contributed by atoms with van der Waals surface area (Å²) in [6.45, 7) is 1.68. The second-order valence-electron chi connectivity index (χ2n) is 6.40. The fourth-order valence-electron chi connectivity index (χ4n) is 2.70. The normalized spacial score (nSPS) is 15.0. The molecule has 9 heteroatoms. The molecule has 0 saturated carbocycles. The van der Waals surface area contributed by atoms with Gasteiger partial charge in [-0.05, 0) is 54.6 Å². The summed E-state index contributed by atoms with van der Waals surface area (Å²) in [5.74, 6) is -0.847. The molecule has 0 unspecified atom stereocenters. The molecule has 1 aliphatic heterocycles. The van der Waals surface area contributed by atoms with Crippen LogP contribution in [0.2, 0.25) is 5.02 Å². The Labute approximate surface area is 182 Å². The largest absolute Gasteiger partial charge is 0.484 e. The van der Waals surface area contributed by atoms with Crippen LogP contribution in [-0.4, -0.2) is 41.6 Å². The van der Waals surface area contributed by atoms with Gasteiger partial charge >= 0.3 is 0 Å². The summed E-state index contributed by atoms with van der Waals surface area (Å²) in [4.78, 5) is 37.7. The third kappa shape index (κ3) is 5.40. The van der Waals surface area contributed by atoms with Crippen LogP contribution < -0.4 is 10.1 Å². The van der Waals surface area contributed by atoms with Gasteiger partial charge in [0.25, 0.3) is 17.1 Å². The van der Waals surface area contributed by atoms with E-state index in [0.29, 0.717) is 10.8 Å². The average Bonchev–Trinajstić information content (AvgIpc) is 2.96. The number of hydrogen-bond acceptors (Lipinski definition) is 5. The minimum absolute atomic E-state index is 0.00495. The Hall–Kier alpha value is -2.84. The van der Waals surface area contributed by atoms with Gasteiger partial charge in [-0.1, -0.05) is 29.8 Å². The molecule has 3 rings (SSSR count). The zero-order chi connectivity index (χ0) is 21.7. The molecular formula is C21H18ClFN2O4S. The lowest BCUT2D eigenvalue weighted by Crippen LogP contribution is -2.38. The van der Waals surface area contributed by atoms with E-state index in [1.54, 1.807) is 30.3 Å². The minimum Gasteiger partial charge on any atom is -0.484 e. The second kappa shape index (κ2) is 9.77. The van der Waals surface area contributed by atoms with E-state index in [-0.39, 0.29) is 30.2 Å². The molecule has 0 bridgehead atoms. The molecule has 0 spiro atoms. The molecule has 0 radical (unpaired) electrons. The standard InChI is InChI=1S/C21H18ClFN2O4S/c1-13-10-15(22)6-7-17(13)29-12-19(26)24-8-9-25-20(27)18(30-21(25)28)11-14-4-2-3-5-16(14)23/h2-7,10-11H,8-9,12H2,1H3,(H,24,26)/b18-11-. The average molecular weight is 449 g/mol. The number of hydrogen-bond donors (Lipinski definition) is 1. The van der Waals surface area contributed by atoms with Crippen LogP contribution in [0.1, 0.15) is 11.1 Å². The summed E-state index contributed by atoms with van der Waals surface area (Å²) in [6.07, 6.45) is 1.35. The molecular weight excluding hydrogens is 431 g/mol. The van der Waals surface area contributed by atoms with Crippen molar-refractivity contribution >= 4 is 46.5 Å². The third-order valence-corrected chi connectivity index (χ3v) is 5.36. The van der Waals surface area contributed by atoms with Crippen molar-refractivity contribution in [3.63, 3.8) is 0 Å². The van der Waals surface area contributed by atoms with E-state index in [4.69, 9.17) is 16.3 Å². The molecule has 6 nitrogen and oxygen atoms in total. The molecule has 1 N–H and O–H groups in total.